The number of rotatable bonds is 7. The minimum atomic E-state index is -3.60. The number of ether oxygens (including phenoxy) is 1. The lowest BCUT2D eigenvalue weighted by Crippen LogP contribution is -2.39. The zero-order valence-electron chi connectivity index (χ0n) is 22.2. The van der Waals surface area contributed by atoms with Gasteiger partial charge in [0.2, 0.25) is 0 Å². The second kappa shape index (κ2) is 9.63. The molecule has 0 aliphatic carbocycles. The van der Waals surface area contributed by atoms with E-state index in [1.165, 1.54) is 29.9 Å². The lowest BCUT2D eigenvalue weighted by molar-refractivity contribution is -0.166. The molecule has 0 spiro atoms. The first-order chi connectivity index (χ1) is 17.6. The molecule has 0 radical (unpaired) electrons. The van der Waals surface area contributed by atoms with Gasteiger partial charge in [0.15, 0.2) is 0 Å². The second-order valence-electron chi connectivity index (χ2n) is 10.2. The van der Waals surface area contributed by atoms with Crippen molar-refractivity contribution in [1.82, 2.24) is 19.9 Å². The van der Waals surface area contributed by atoms with Gasteiger partial charge in [-0.15, -0.1) is 11.3 Å². The Morgan fingerprint density at radius 3 is 2.42 bits per heavy atom. The van der Waals surface area contributed by atoms with Crippen molar-refractivity contribution in [3.05, 3.63) is 62.8 Å². The lowest BCUT2D eigenvalue weighted by atomic mass is 9.99. The number of nitrogens with one attached hydrogen (secondary N) is 2. The summed E-state index contributed by atoms with van der Waals surface area (Å²) in [5.41, 5.74) is -0.566. The summed E-state index contributed by atoms with van der Waals surface area (Å²) in [6, 6.07) is 2.61. The highest BCUT2D eigenvalue weighted by Gasteiger charge is 2.49. The molecule has 4 heterocycles. The summed E-state index contributed by atoms with van der Waals surface area (Å²) in [7, 11) is 1.54. The minimum Gasteiger partial charge on any atom is -0.455 e. The summed E-state index contributed by atoms with van der Waals surface area (Å²) in [4.78, 5) is 32.6. The molecule has 0 aromatic carbocycles. The summed E-state index contributed by atoms with van der Waals surface area (Å²) < 4.78 is 38.2. The van der Waals surface area contributed by atoms with Gasteiger partial charge in [-0.2, -0.15) is 8.78 Å². The molecule has 0 atom stereocenters. The summed E-state index contributed by atoms with van der Waals surface area (Å²) in [5.74, 6) is -3.41. The summed E-state index contributed by atoms with van der Waals surface area (Å²) in [6.45, 7) is 9.30. The number of nitrogens with zero attached hydrogens (tertiary/aromatic N) is 2. The quantitative estimate of drug-likeness (QED) is 0.289. The van der Waals surface area contributed by atoms with Gasteiger partial charge in [0.1, 0.15) is 28.3 Å². The van der Waals surface area contributed by atoms with Gasteiger partial charge in [-0.25, -0.2) is 0 Å². The smallest absolute Gasteiger partial charge is 0.309 e. The Labute approximate surface area is 222 Å². The van der Waals surface area contributed by atoms with Crippen molar-refractivity contribution in [2.24, 2.45) is 7.05 Å². The molecule has 8 nitrogen and oxygen atoms in total. The number of fused-ring (bicyclic) bond motifs is 1. The SMILES string of the molecule is Cc1cncc(C)c1Oc1cc(C(F)(F)C(C)(C)O)sc1-c1cn(C)c(=O)c2[nH]c(C(=O)NC(C)C)cc12. The molecule has 38 heavy (non-hydrogen) atoms. The van der Waals surface area contributed by atoms with E-state index in [1.54, 1.807) is 26.2 Å². The first-order valence-electron chi connectivity index (χ1n) is 12.0. The zero-order valence-corrected chi connectivity index (χ0v) is 23.0. The molecule has 0 fully saturated rings. The Balaban J connectivity index is 1.99. The van der Waals surface area contributed by atoms with Gasteiger partial charge in [0.25, 0.3) is 11.5 Å². The fourth-order valence-electron chi connectivity index (χ4n) is 4.03. The van der Waals surface area contributed by atoms with E-state index >= 15 is 8.78 Å². The Kier molecular flexibility index (Phi) is 6.96. The number of thiophene rings is 1. The molecule has 4 aromatic heterocycles. The highest BCUT2D eigenvalue weighted by atomic mass is 32.1. The third-order valence-corrected chi connectivity index (χ3v) is 7.33. The van der Waals surface area contributed by atoms with Gasteiger partial charge in [-0.05, 0) is 47.6 Å². The van der Waals surface area contributed by atoms with Crippen molar-refractivity contribution in [3.63, 3.8) is 0 Å². The number of hydrogen-bond acceptors (Lipinski definition) is 6. The zero-order chi connectivity index (χ0) is 28.2. The van der Waals surface area contributed by atoms with E-state index in [0.29, 0.717) is 32.7 Å². The molecule has 0 bridgehead atoms. The number of amides is 1. The summed E-state index contributed by atoms with van der Waals surface area (Å²) in [6.07, 6.45) is 4.74. The standard InChI is InChI=1S/C27H30F2N4O4S/c1-13(2)31-24(34)18-8-16-17(12-33(7)25(35)21(16)32-18)23-19(37-22-14(3)10-30-11-15(22)4)9-20(38-23)27(28,29)26(5,6)36/h8-13,32,36H,1-7H3,(H,31,34). The van der Waals surface area contributed by atoms with Crippen molar-refractivity contribution in [1.29, 1.82) is 0 Å². The summed E-state index contributed by atoms with van der Waals surface area (Å²) >= 11 is 0.755. The van der Waals surface area contributed by atoms with Gasteiger partial charge in [0, 0.05) is 59.8 Å². The van der Waals surface area contributed by atoms with E-state index in [0.717, 1.165) is 25.2 Å². The lowest BCUT2D eigenvalue weighted by Gasteiger charge is -2.27. The number of H-pyrrole nitrogens is 1. The fourth-order valence-corrected chi connectivity index (χ4v) is 5.27. The number of halogens is 2. The number of aromatic nitrogens is 3. The van der Waals surface area contributed by atoms with Crippen LogP contribution >= 0.6 is 11.3 Å². The average Bonchev–Trinajstić information content (AvgIpc) is 3.43. The number of carbonyl (C=O) groups is 1. The average molecular weight is 545 g/mol. The van der Waals surface area contributed by atoms with E-state index in [9.17, 15) is 14.7 Å². The van der Waals surface area contributed by atoms with Crippen LogP contribution in [0.25, 0.3) is 21.3 Å². The number of aryl methyl sites for hydroxylation is 3. The number of alkyl halides is 2. The molecule has 0 saturated carbocycles. The fraction of sp³-hybridized carbons (Fsp3) is 0.370. The maximum atomic E-state index is 15.3. The Morgan fingerprint density at radius 2 is 1.84 bits per heavy atom. The molecule has 0 aliphatic rings. The molecule has 202 valence electrons. The van der Waals surface area contributed by atoms with Gasteiger partial charge in [-0.1, -0.05) is 0 Å². The number of aliphatic hydroxyl groups is 1. The van der Waals surface area contributed by atoms with Crippen LogP contribution in [0.5, 0.6) is 11.5 Å². The molecular formula is C27H30F2N4O4S. The van der Waals surface area contributed by atoms with Gasteiger partial charge in [-0.3, -0.25) is 14.6 Å². The third-order valence-electron chi connectivity index (χ3n) is 6.11. The third kappa shape index (κ3) is 4.83. The van der Waals surface area contributed by atoms with Crippen molar-refractivity contribution < 1.29 is 23.4 Å². The first-order valence-corrected chi connectivity index (χ1v) is 12.8. The maximum absolute atomic E-state index is 15.3. The van der Waals surface area contributed by atoms with Crippen LogP contribution in [-0.2, 0) is 13.0 Å². The van der Waals surface area contributed by atoms with Crippen LogP contribution in [0.4, 0.5) is 8.78 Å². The Bertz CT molecular complexity index is 1570. The van der Waals surface area contributed by atoms with Gasteiger partial charge in [0.05, 0.1) is 9.75 Å². The van der Waals surface area contributed by atoms with Crippen LogP contribution in [0.2, 0.25) is 0 Å². The number of pyridine rings is 2. The van der Waals surface area contributed by atoms with Crippen molar-refractivity contribution in [2.45, 2.75) is 59.1 Å². The van der Waals surface area contributed by atoms with Crippen LogP contribution in [0, 0.1) is 13.8 Å². The normalized spacial score (nSPS) is 12.4. The topological polar surface area (TPSA) is 109 Å². The van der Waals surface area contributed by atoms with E-state index in [-0.39, 0.29) is 28.6 Å². The Hall–Kier alpha value is -3.57. The monoisotopic (exact) mass is 544 g/mol. The van der Waals surface area contributed by atoms with Crippen molar-refractivity contribution in [2.75, 3.05) is 0 Å². The Morgan fingerprint density at radius 1 is 1.21 bits per heavy atom. The predicted octanol–water partition coefficient (Wildman–Crippen LogP) is 5.40. The van der Waals surface area contributed by atoms with Crippen LogP contribution < -0.4 is 15.6 Å². The number of aromatic amines is 1. The highest BCUT2D eigenvalue weighted by Crippen LogP contribution is 2.50. The second-order valence-corrected chi connectivity index (χ2v) is 11.3. The van der Waals surface area contributed by atoms with Gasteiger partial charge >= 0.3 is 5.92 Å². The molecule has 0 saturated heterocycles. The van der Waals surface area contributed by atoms with Crippen LogP contribution in [0.3, 0.4) is 0 Å². The number of carbonyl (C=O) groups excluding carboxylic acids is 1. The van der Waals surface area contributed by atoms with Crippen LogP contribution in [0.15, 0.2) is 35.5 Å². The molecule has 3 N–H and O–H groups in total. The van der Waals surface area contributed by atoms with Crippen molar-refractivity contribution >= 4 is 28.1 Å². The van der Waals surface area contributed by atoms with Crippen LogP contribution in [0.1, 0.15) is 54.2 Å². The molecule has 0 unspecified atom stereocenters. The first kappa shape index (κ1) is 27.5. The molecular weight excluding hydrogens is 514 g/mol. The molecule has 11 heteroatoms. The number of hydrogen-bond donors (Lipinski definition) is 3. The largest absolute Gasteiger partial charge is 0.455 e. The maximum Gasteiger partial charge on any atom is 0.309 e. The molecule has 0 aliphatic heterocycles. The highest BCUT2D eigenvalue weighted by molar-refractivity contribution is 7.16. The van der Waals surface area contributed by atoms with Crippen LogP contribution in [-0.4, -0.2) is 37.2 Å². The van der Waals surface area contributed by atoms with E-state index in [2.05, 4.69) is 15.3 Å². The van der Waals surface area contributed by atoms with Gasteiger partial charge < -0.3 is 24.7 Å². The van der Waals surface area contributed by atoms with E-state index in [1.807, 2.05) is 13.8 Å². The minimum absolute atomic E-state index is 0.126. The molecule has 1 amide bonds. The predicted molar refractivity (Wildman–Crippen MR) is 143 cm³/mol. The summed E-state index contributed by atoms with van der Waals surface area (Å²) in [5, 5.41) is 13.4. The van der Waals surface area contributed by atoms with E-state index in [4.69, 9.17) is 4.74 Å². The molecule has 4 rings (SSSR count). The van der Waals surface area contributed by atoms with Crippen molar-refractivity contribution in [3.8, 4) is 21.9 Å². The van der Waals surface area contributed by atoms with E-state index < -0.39 is 22.3 Å². The molecule has 4 aromatic rings.